The maximum atomic E-state index is 6.88. The topological polar surface area (TPSA) is 23.4 Å². The van der Waals surface area contributed by atoms with Crippen LogP contribution in [0.25, 0.3) is 49.7 Å². The number of rotatable bonds is 8. The van der Waals surface area contributed by atoms with Gasteiger partial charge in [-0.3, -0.25) is 0 Å². The summed E-state index contributed by atoms with van der Waals surface area (Å²) in [7, 11) is 0. The molecule has 2 unspecified atom stereocenters. The van der Waals surface area contributed by atoms with Crippen LogP contribution in [0.2, 0.25) is 0 Å². The first-order valence-electron chi connectivity index (χ1n) is 19.5. The Bertz CT molecular complexity index is 2110. The highest BCUT2D eigenvalue weighted by atomic mass is 16.7. The molecule has 0 bridgehead atoms. The minimum absolute atomic E-state index is 0.115. The Morgan fingerprint density at radius 2 is 1.23 bits per heavy atom. The van der Waals surface area contributed by atoms with Crippen molar-refractivity contribution >= 4 is 21.8 Å². The van der Waals surface area contributed by atoms with Gasteiger partial charge in [-0.1, -0.05) is 99.8 Å². The minimum atomic E-state index is -0.248. The summed E-state index contributed by atoms with van der Waals surface area (Å²) in [5, 5.41) is 2.49. The zero-order chi connectivity index (χ0) is 36.9. The van der Waals surface area contributed by atoms with E-state index in [1.807, 2.05) is 0 Å². The summed E-state index contributed by atoms with van der Waals surface area (Å²) >= 11 is 0. The van der Waals surface area contributed by atoms with E-state index in [9.17, 15) is 0 Å². The largest absolute Gasteiger partial charge is 0.463 e. The minimum Gasteiger partial charge on any atom is -0.463 e. The molecule has 52 heavy (non-hydrogen) atoms. The summed E-state index contributed by atoms with van der Waals surface area (Å²) < 4.78 is 15.6. The number of aryl methyl sites for hydroxylation is 6. The maximum Gasteiger partial charge on any atom is 0.199 e. The van der Waals surface area contributed by atoms with E-state index in [1.54, 1.807) is 0 Å². The third-order valence-corrected chi connectivity index (χ3v) is 11.3. The molecule has 6 aromatic rings. The van der Waals surface area contributed by atoms with E-state index in [0.29, 0.717) is 5.92 Å². The molecule has 0 aliphatic carbocycles. The van der Waals surface area contributed by atoms with E-state index in [0.717, 1.165) is 50.1 Å². The van der Waals surface area contributed by atoms with Crippen molar-refractivity contribution in [2.24, 2.45) is 5.41 Å². The van der Waals surface area contributed by atoms with Crippen LogP contribution in [0.5, 0.6) is 5.75 Å². The van der Waals surface area contributed by atoms with Crippen LogP contribution in [0.15, 0.2) is 78.9 Å². The van der Waals surface area contributed by atoms with E-state index in [1.165, 1.54) is 83.0 Å². The van der Waals surface area contributed by atoms with Gasteiger partial charge in [0, 0.05) is 17.2 Å². The molecule has 0 spiro atoms. The van der Waals surface area contributed by atoms with Crippen molar-refractivity contribution < 1.29 is 9.47 Å². The summed E-state index contributed by atoms with van der Waals surface area (Å²) in [6.45, 7) is 23.5. The number of fused-ring (bicyclic) bond motifs is 3. The van der Waals surface area contributed by atoms with Crippen LogP contribution in [-0.4, -0.2) is 17.5 Å². The molecule has 7 rings (SSSR count). The van der Waals surface area contributed by atoms with Crippen molar-refractivity contribution in [3.8, 4) is 33.7 Å². The van der Waals surface area contributed by atoms with Gasteiger partial charge in [0.15, 0.2) is 6.29 Å². The Kier molecular flexibility index (Phi) is 9.87. The molecule has 5 aromatic carbocycles. The molecule has 1 fully saturated rings. The lowest BCUT2D eigenvalue weighted by atomic mass is 9.74. The number of ether oxygens (including phenoxy) is 2. The molecule has 0 amide bonds. The molecular weight excluding hydrogens is 635 g/mol. The summed E-state index contributed by atoms with van der Waals surface area (Å²) in [6, 6.07) is 30.4. The van der Waals surface area contributed by atoms with Crippen LogP contribution in [0.1, 0.15) is 105 Å². The molecule has 0 N–H and O–H groups in total. The fourth-order valence-electron chi connectivity index (χ4n) is 9.22. The van der Waals surface area contributed by atoms with Gasteiger partial charge in [-0.25, -0.2) is 0 Å². The second kappa shape index (κ2) is 14.2. The third-order valence-electron chi connectivity index (χ3n) is 11.3. The Labute approximate surface area is 312 Å². The fraction of sp³-hybridized carbons (Fsp3) is 0.388. The molecule has 1 aliphatic rings. The van der Waals surface area contributed by atoms with Crippen molar-refractivity contribution in [3.63, 3.8) is 0 Å². The number of benzene rings is 5. The predicted molar refractivity (Wildman–Crippen MR) is 221 cm³/mol. The molecule has 1 saturated heterocycles. The van der Waals surface area contributed by atoms with E-state index in [-0.39, 0.29) is 11.7 Å². The van der Waals surface area contributed by atoms with Gasteiger partial charge in [-0.05, 0) is 146 Å². The van der Waals surface area contributed by atoms with E-state index in [4.69, 9.17) is 9.47 Å². The SMILES string of the molecule is CCCC(c1ccc(OC2CCCCO2)c(-n2c3cc(-c4c(C)cc(C)cc4C)ccc3c3ccc(-c4c(C)cc(C)cc4C)cc32)c1)C(C)(C)C. The standard InChI is InChI=1S/C49H57NO2/c1-11-14-41(49(8,9)10)36-18-21-45(52-46-15-12-13-22-51-46)44(27-36)50-42-28-37(47-32(4)23-30(2)24-33(47)5)16-19-39(42)40-20-17-38(29-43(40)50)48-34(6)25-31(3)26-35(48)7/h16-21,23-29,41,46H,11-15,22H2,1-10H3. The number of hydrogen-bond acceptors (Lipinski definition) is 2. The summed E-state index contributed by atoms with van der Waals surface area (Å²) in [4.78, 5) is 0. The van der Waals surface area contributed by atoms with E-state index >= 15 is 0 Å². The highest BCUT2D eigenvalue weighted by molar-refractivity contribution is 6.11. The van der Waals surface area contributed by atoms with Crippen LogP contribution in [0.4, 0.5) is 0 Å². The van der Waals surface area contributed by atoms with Crippen LogP contribution >= 0.6 is 0 Å². The monoisotopic (exact) mass is 691 g/mol. The van der Waals surface area contributed by atoms with Gasteiger partial charge in [-0.15, -0.1) is 0 Å². The van der Waals surface area contributed by atoms with Gasteiger partial charge in [0.2, 0.25) is 0 Å². The molecule has 2 heterocycles. The second-order valence-electron chi connectivity index (χ2n) is 16.7. The second-order valence-corrected chi connectivity index (χ2v) is 16.7. The smallest absolute Gasteiger partial charge is 0.199 e. The molecule has 1 aliphatic heterocycles. The normalized spacial score (nSPS) is 15.8. The third kappa shape index (κ3) is 6.81. The van der Waals surface area contributed by atoms with Crippen LogP contribution in [-0.2, 0) is 4.74 Å². The molecular formula is C49H57NO2. The van der Waals surface area contributed by atoms with Gasteiger partial charge in [-0.2, -0.15) is 0 Å². The average Bonchev–Trinajstić information content (AvgIpc) is 3.39. The summed E-state index contributed by atoms with van der Waals surface area (Å²) in [5.74, 6) is 1.28. The maximum absolute atomic E-state index is 6.88. The Morgan fingerprint density at radius 1 is 0.692 bits per heavy atom. The number of aromatic nitrogens is 1. The number of hydrogen-bond donors (Lipinski definition) is 0. The van der Waals surface area contributed by atoms with Crippen molar-refractivity contribution in [2.45, 2.75) is 114 Å². The lowest BCUT2D eigenvalue weighted by Gasteiger charge is -2.32. The van der Waals surface area contributed by atoms with Gasteiger partial charge in [0.25, 0.3) is 0 Å². The van der Waals surface area contributed by atoms with Gasteiger partial charge >= 0.3 is 0 Å². The zero-order valence-corrected chi connectivity index (χ0v) is 33.2. The predicted octanol–water partition coefficient (Wildman–Crippen LogP) is 13.8. The first-order chi connectivity index (χ1) is 24.8. The van der Waals surface area contributed by atoms with Gasteiger partial charge in [0.1, 0.15) is 5.75 Å². The number of nitrogens with zero attached hydrogens (tertiary/aromatic N) is 1. The van der Waals surface area contributed by atoms with Crippen LogP contribution in [0.3, 0.4) is 0 Å². The average molecular weight is 692 g/mol. The molecule has 1 aromatic heterocycles. The quantitative estimate of drug-likeness (QED) is 0.159. The van der Waals surface area contributed by atoms with Gasteiger partial charge < -0.3 is 14.0 Å². The van der Waals surface area contributed by atoms with Crippen molar-refractivity contribution in [1.82, 2.24) is 4.57 Å². The highest BCUT2D eigenvalue weighted by Gasteiger charge is 2.28. The zero-order valence-electron chi connectivity index (χ0n) is 33.2. The molecule has 3 nitrogen and oxygen atoms in total. The lowest BCUT2D eigenvalue weighted by Crippen LogP contribution is -2.25. The first kappa shape index (κ1) is 36.0. The van der Waals surface area contributed by atoms with Gasteiger partial charge in [0.05, 0.1) is 23.3 Å². The highest BCUT2D eigenvalue weighted by Crippen LogP contribution is 2.45. The molecule has 0 saturated carbocycles. The summed E-state index contributed by atoms with van der Waals surface area (Å²) in [5.41, 5.74) is 17.9. The Hall–Kier alpha value is -4.34. The molecule has 0 radical (unpaired) electrons. The Morgan fingerprint density at radius 3 is 1.69 bits per heavy atom. The molecule has 270 valence electrons. The first-order valence-corrected chi connectivity index (χ1v) is 19.5. The summed E-state index contributed by atoms with van der Waals surface area (Å²) in [6.07, 6.45) is 5.13. The lowest BCUT2D eigenvalue weighted by molar-refractivity contribution is -0.105. The molecule has 2 atom stereocenters. The fourth-order valence-corrected chi connectivity index (χ4v) is 9.22. The van der Waals surface area contributed by atoms with Crippen LogP contribution in [0, 0.1) is 47.0 Å². The van der Waals surface area contributed by atoms with Crippen molar-refractivity contribution in [2.75, 3.05) is 6.61 Å². The van der Waals surface area contributed by atoms with Crippen molar-refractivity contribution in [3.05, 3.63) is 118 Å². The molecule has 3 heteroatoms. The van der Waals surface area contributed by atoms with E-state index in [2.05, 4.69) is 153 Å². The van der Waals surface area contributed by atoms with E-state index < -0.39 is 0 Å². The van der Waals surface area contributed by atoms with Crippen LogP contribution < -0.4 is 4.74 Å². The van der Waals surface area contributed by atoms with Crippen molar-refractivity contribution in [1.29, 1.82) is 0 Å². The Balaban J connectivity index is 1.56.